The molecule has 11 aromatic rings. The van der Waals surface area contributed by atoms with Crippen LogP contribution in [0, 0.1) is 6.92 Å². The quantitative estimate of drug-likeness (QED) is 0.0575. The Bertz CT molecular complexity index is 4860. The maximum atomic E-state index is 5.06. The van der Waals surface area contributed by atoms with Crippen LogP contribution >= 0.6 is 0 Å². The molecule has 0 saturated carbocycles. The topological polar surface area (TPSA) is 9.49 Å². The van der Waals surface area contributed by atoms with Crippen molar-refractivity contribution in [1.29, 1.82) is 0 Å². The van der Waals surface area contributed by atoms with Crippen LogP contribution in [0.15, 0.2) is 284 Å². The molecule has 91 heavy (non-hydrogen) atoms. The third-order valence-electron chi connectivity index (χ3n) is 21.2. The standard InChI is InChI=1S/C88H84N3/c1-12-90-74-53-51-63-38-23-25-42-66(63)82(74)85(5,6)77(90)48-31-33-60(4)87(9,57-61-34-17-14-18-35-61)81-59(3)55-72(68-44-27-29-46-70(68)81)80(65-40-21-16-22-41-65)73-56-76-84(71-47-30-28-45-69(71)73)88(10,58-62-36-19-15-20-37-62)79(89(76)11)50-32-49-78-86(7,8)83-67-43-26-24-39-64(67)52-54-75(83)91(78)13-2/h14-56,80H,4,12-13,57-58H2,1-3,5-11H3/q+1/b33-31+,77-48+. The zero-order valence-corrected chi connectivity index (χ0v) is 54.8. The van der Waals surface area contributed by atoms with Crippen molar-refractivity contribution in [2.45, 2.75) is 103 Å². The van der Waals surface area contributed by atoms with Crippen molar-refractivity contribution < 1.29 is 4.58 Å². The summed E-state index contributed by atoms with van der Waals surface area (Å²) in [6.07, 6.45) is 15.8. The molecule has 14 rings (SSSR count). The second-order valence-corrected chi connectivity index (χ2v) is 27.3. The van der Waals surface area contributed by atoms with Gasteiger partial charge in [-0.25, -0.2) is 0 Å². The number of hydrogen-bond donors (Lipinski definition) is 0. The van der Waals surface area contributed by atoms with Crippen molar-refractivity contribution in [3.63, 3.8) is 0 Å². The van der Waals surface area contributed by atoms with Crippen molar-refractivity contribution in [2.24, 2.45) is 0 Å². The number of benzene rings is 11. The van der Waals surface area contributed by atoms with Gasteiger partial charge < -0.3 is 9.80 Å². The lowest BCUT2D eigenvalue weighted by atomic mass is 9.67. The van der Waals surface area contributed by atoms with Gasteiger partial charge >= 0.3 is 0 Å². The molecule has 0 amide bonds. The summed E-state index contributed by atoms with van der Waals surface area (Å²) in [6.45, 7) is 28.3. The van der Waals surface area contributed by atoms with Crippen LogP contribution in [0.5, 0.6) is 0 Å². The van der Waals surface area contributed by atoms with Gasteiger partial charge in [-0.05, 0) is 164 Å². The van der Waals surface area contributed by atoms with E-state index in [4.69, 9.17) is 6.58 Å². The molecule has 0 fully saturated rings. The molecule has 3 nitrogen and oxygen atoms in total. The van der Waals surface area contributed by atoms with Crippen LogP contribution < -0.4 is 9.80 Å². The first kappa shape index (κ1) is 59.1. The van der Waals surface area contributed by atoms with Gasteiger partial charge in [0, 0.05) is 75.7 Å². The smallest absolute Gasteiger partial charge is 0.210 e. The number of rotatable bonds is 15. The lowest BCUT2D eigenvalue weighted by Gasteiger charge is -2.36. The van der Waals surface area contributed by atoms with E-state index >= 15 is 0 Å². The minimum absolute atomic E-state index is 0.109. The van der Waals surface area contributed by atoms with E-state index < -0.39 is 5.41 Å². The highest BCUT2D eigenvalue weighted by atomic mass is 15.2. The van der Waals surface area contributed by atoms with E-state index in [1.165, 1.54) is 133 Å². The molecule has 11 aromatic carbocycles. The molecule has 3 heterocycles. The van der Waals surface area contributed by atoms with E-state index in [-0.39, 0.29) is 22.2 Å². The van der Waals surface area contributed by atoms with Gasteiger partial charge in [0.25, 0.3) is 0 Å². The second kappa shape index (κ2) is 23.0. The Hall–Kier alpha value is -9.57. The van der Waals surface area contributed by atoms with Gasteiger partial charge in [0.15, 0.2) is 5.71 Å². The third kappa shape index (κ3) is 9.65. The lowest BCUT2D eigenvalue weighted by molar-refractivity contribution is -0.401. The SMILES string of the molecule is C=C(/C=C/C=C1/N(CC)c2ccc3ccccc3c2C1(C)C)C(C)(Cc1ccccc1)c1c(C)cc(C(c2ccccc2)c2cc3c(c4ccccc24)C(C)(Cc2ccccc2)C(/C=C/C=C2/N(CC)c4ccc5ccccc5c4C2(C)C)=[N+]3C)c2ccccc12. The summed E-state index contributed by atoms with van der Waals surface area (Å²) < 4.78 is 2.52. The van der Waals surface area contributed by atoms with E-state index in [0.717, 1.165) is 31.5 Å². The molecule has 3 aliphatic heterocycles. The van der Waals surface area contributed by atoms with Crippen LogP contribution in [-0.4, -0.2) is 30.4 Å². The Balaban J connectivity index is 0.916. The highest BCUT2D eigenvalue weighted by Gasteiger charge is 2.49. The highest BCUT2D eigenvalue weighted by molar-refractivity contribution is 6.09. The summed E-state index contributed by atoms with van der Waals surface area (Å²) in [5.41, 5.74) is 20.8. The maximum Gasteiger partial charge on any atom is 0.210 e. The van der Waals surface area contributed by atoms with Crippen LogP contribution in [0.2, 0.25) is 0 Å². The number of anilines is 2. The van der Waals surface area contributed by atoms with Gasteiger partial charge in [-0.15, -0.1) is 0 Å². The number of nitrogens with zero attached hydrogens (tertiary/aromatic N) is 3. The zero-order chi connectivity index (χ0) is 63.0. The molecule has 3 atom stereocenters. The zero-order valence-electron chi connectivity index (χ0n) is 54.8. The van der Waals surface area contributed by atoms with E-state index in [1.807, 2.05) is 0 Å². The fraction of sp³-hybridized carbons (Fsp3) is 0.216. The summed E-state index contributed by atoms with van der Waals surface area (Å²) in [5, 5.41) is 10.3. The first-order chi connectivity index (χ1) is 44.1. The number of allylic oxidation sites excluding steroid dienone is 9. The molecular formula is C88H84N3+. The summed E-state index contributed by atoms with van der Waals surface area (Å²) in [5.74, 6) is -0.109. The minimum atomic E-state index is -0.488. The maximum absolute atomic E-state index is 5.06. The molecule has 0 spiro atoms. The van der Waals surface area contributed by atoms with Crippen LogP contribution in [0.4, 0.5) is 17.1 Å². The Morgan fingerprint density at radius 3 is 1.54 bits per heavy atom. The van der Waals surface area contributed by atoms with Gasteiger partial charge in [-0.1, -0.05) is 266 Å². The molecule has 3 heteroatoms. The Morgan fingerprint density at radius 2 is 0.978 bits per heavy atom. The third-order valence-corrected chi connectivity index (χ3v) is 21.2. The van der Waals surface area contributed by atoms with Gasteiger partial charge in [-0.2, -0.15) is 4.58 Å². The second-order valence-electron chi connectivity index (χ2n) is 27.3. The summed E-state index contributed by atoms with van der Waals surface area (Å²) in [7, 11) is 2.31. The lowest BCUT2D eigenvalue weighted by Crippen LogP contribution is -2.33. The van der Waals surface area contributed by atoms with Gasteiger partial charge in [0.2, 0.25) is 5.69 Å². The van der Waals surface area contributed by atoms with E-state index in [0.29, 0.717) is 0 Å². The molecule has 0 aliphatic carbocycles. The van der Waals surface area contributed by atoms with E-state index in [2.05, 4.69) is 345 Å². The molecular weight excluding hydrogens is 1100 g/mol. The Morgan fingerprint density at radius 1 is 0.516 bits per heavy atom. The summed E-state index contributed by atoms with van der Waals surface area (Å²) in [6, 6.07) is 84.1. The predicted molar refractivity (Wildman–Crippen MR) is 389 cm³/mol. The largest absolute Gasteiger partial charge is 0.344 e. The first-order valence-corrected chi connectivity index (χ1v) is 33.0. The molecule has 0 saturated heterocycles. The van der Waals surface area contributed by atoms with Gasteiger partial charge in [0.1, 0.15) is 7.05 Å². The molecule has 0 bridgehead atoms. The molecule has 3 unspecified atom stereocenters. The molecule has 450 valence electrons. The van der Waals surface area contributed by atoms with Gasteiger partial charge in [0.05, 0.1) is 5.41 Å². The predicted octanol–water partition coefficient (Wildman–Crippen LogP) is 21.6. The van der Waals surface area contributed by atoms with Crippen molar-refractivity contribution in [3.8, 4) is 0 Å². The van der Waals surface area contributed by atoms with Crippen LogP contribution in [0.25, 0.3) is 43.1 Å². The van der Waals surface area contributed by atoms with Crippen molar-refractivity contribution in [2.75, 3.05) is 29.9 Å². The first-order valence-electron chi connectivity index (χ1n) is 33.0. The number of aryl methyl sites for hydroxylation is 1. The Kier molecular flexibility index (Phi) is 15.0. The molecule has 0 N–H and O–H groups in total. The van der Waals surface area contributed by atoms with Crippen LogP contribution in [-0.2, 0) is 34.5 Å². The minimum Gasteiger partial charge on any atom is -0.344 e. The number of fused-ring (bicyclic) bond motifs is 10. The van der Waals surface area contributed by atoms with Crippen molar-refractivity contribution in [3.05, 3.63) is 340 Å². The van der Waals surface area contributed by atoms with Crippen molar-refractivity contribution in [1.82, 2.24) is 0 Å². The molecule has 3 aliphatic rings. The van der Waals surface area contributed by atoms with Crippen molar-refractivity contribution >= 4 is 65.9 Å². The fourth-order valence-electron chi connectivity index (χ4n) is 17.1. The molecule has 0 aromatic heterocycles. The average Bonchev–Trinajstić information content (AvgIpc) is 1.67. The van der Waals surface area contributed by atoms with Crippen LogP contribution in [0.3, 0.4) is 0 Å². The summed E-state index contributed by atoms with van der Waals surface area (Å²) >= 11 is 0. The van der Waals surface area contributed by atoms with Gasteiger partial charge in [-0.3, -0.25) is 0 Å². The molecule has 0 radical (unpaired) electrons. The van der Waals surface area contributed by atoms with Crippen LogP contribution in [0.1, 0.15) is 117 Å². The van der Waals surface area contributed by atoms with E-state index in [9.17, 15) is 0 Å². The number of hydrogen-bond acceptors (Lipinski definition) is 2. The normalized spacial score (nSPS) is 18.6. The average molecular weight is 1180 g/mol. The summed E-state index contributed by atoms with van der Waals surface area (Å²) in [4.78, 5) is 5.04. The monoisotopic (exact) mass is 1180 g/mol. The number of likely N-dealkylation sites (N-methyl/N-ethyl adjacent to an activating group) is 2. The van der Waals surface area contributed by atoms with E-state index in [1.54, 1.807) is 0 Å². The fourth-order valence-corrected chi connectivity index (χ4v) is 17.1. The Labute approximate surface area is 540 Å². The highest BCUT2D eigenvalue weighted by Crippen LogP contribution is 2.55.